The van der Waals surface area contributed by atoms with Crippen molar-refractivity contribution in [3.63, 3.8) is 0 Å². The zero-order chi connectivity index (χ0) is 15.4. The van der Waals surface area contributed by atoms with Crippen LogP contribution in [-0.4, -0.2) is 43.4 Å². The van der Waals surface area contributed by atoms with Gasteiger partial charge in [0, 0.05) is 38.3 Å². The Kier molecular flexibility index (Phi) is 4.98. The predicted octanol–water partition coefficient (Wildman–Crippen LogP) is 2.54. The summed E-state index contributed by atoms with van der Waals surface area (Å²) in [4.78, 5) is 16.2. The van der Waals surface area contributed by atoms with E-state index in [9.17, 15) is 10.1 Å². The average Bonchev–Trinajstić information content (AvgIpc) is 2.46. The fourth-order valence-corrected chi connectivity index (χ4v) is 2.79. The Labute approximate surface area is 127 Å². The monoisotopic (exact) mass is 285 g/mol. The number of carbonyl (C=O) groups is 1. The Balaban J connectivity index is 2.14. The standard InChI is InChI=1S/C17H23N3O/c1-13(2)12-19-6-8-20(9-7-19)17-10-15(14(3)21)4-5-16(17)11-18/h4-5,10,13H,6-9,12H2,1-3H3. The number of rotatable bonds is 4. The number of anilines is 1. The molecule has 0 unspecified atom stereocenters. The maximum atomic E-state index is 11.5. The number of nitrogens with zero attached hydrogens (tertiary/aromatic N) is 3. The molecule has 0 amide bonds. The van der Waals surface area contributed by atoms with E-state index in [2.05, 4.69) is 29.7 Å². The molecule has 2 rings (SSSR count). The van der Waals surface area contributed by atoms with Crippen LogP contribution >= 0.6 is 0 Å². The van der Waals surface area contributed by atoms with E-state index in [0.717, 1.165) is 38.4 Å². The Morgan fingerprint density at radius 1 is 1.29 bits per heavy atom. The third kappa shape index (κ3) is 3.83. The lowest BCUT2D eigenvalue weighted by molar-refractivity contribution is 0.101. The molecular formula is C17H23N3O. The van der Waals surface area contributed by atoms with Gasteiger partial charge in [0.15, 0.2) is 5.78 Å². The quantitative estimate of drug-likeness (QED) is 0.798. The number of piperazine rings is 1. The van der Waals surface area contributed by atoms with Crippen molar-refractivity contribution in [1.29, 1.82) is 5.26 Å². The van der Waals surface area contributed by atoms with Gasteiger partial charge in [0.05, 0.1) is 11.3 Å². The molecule has 0 bridgehead atoms. The van der Waals surface area contributed by atoms with Crippen molar-refractivity contribution in [3.8, 4) is 6.07 Å². The first kappa shape index (κ1) is 15.5. The van der Waals surface area contributed by atoms with Gasteiger partial charge in [-0.05, 0) is 31.0 Å². The summed E-state index contributed by atoms with van der Waals surface area (Å²) in [5.74, 6) is 0.714. The molecule has 4 heteroatoms. The smallest absolute Gasteiger partial charge is 0.159 e. The number of carbonyl (C=O) groups excluding carboxylic acids is 1. The fraction of sp³-hybridized carbons (Fsp3) is 0.529. The van der Waals surface area contributed by atoms with Crippen molar-refractivity contribution < 1.29 is 4.79 Å². The first-order valence-electron chi connectivity index (χ1n) is 7.53. The Morgan fingerprint density at radius 2 is 1.95 bits per heavy atom. The highest BCUT2D eigenvalue weighted by molar-refractivity contribution is 5.95. The molecular weight excluding hydrogens is 262 g/mol. The van der Waals surface area contributed by atoms with Crippen LogP contribution in [-0.2, 0) is 0 Å². The van der Waals surface area contributed by atoms with Crippen molar-refractivity contribution in [1.82, 2.24) is 4.90 Å². The van der Waals surface area contributed by atoms with Crippen LogP contribution in [0.5, 0.6) is 0 Å². The number of benzene rings is 1. The topological polar surface area (TPSA) is 47.3 Å². The molecule has 0 saturated carbocycles. The van der Waals surface area contributed by atoms with E-state index in [0.29, 0.717) is 17.0 Å². The highest BCUT2D eigenvalue weighted by Crippen LogP contribution is 2.23. The third-order valence-electron chi connectivity index (χ3n) is 3.86. The third-order valence-corrected chi connectivity index (χ3v) is 3.86. The summed E-state index contributed by atoms with van der Waals surface area (Å²) in [5.41, 5.74) is 2.22. The zero-order valence-electron chi connectivity index (χ0n) is 13.1. The van der Waals surface area contributed by atoms with Crippen LogP contribution < -0.4 is 4.90 Å². The van der Waals surface area contributed by atoms with Gasteiger partial charge < -0.3 is 4.90 Å². The summed E-state index contributed by atoms with van der Waals surface area (Å²) in [6.07, 6.45) is 0. The van der Waals surface area contributed by atoms with Gasteiger partial charge in [-0.25, -0.2) is 0 Å². The van der Waals surface area contributed by atoms with Crippen LogP contribution in [0.1, 0.15) is 36.7 Å². The SMILES string of the molecule is CC(=O)c1ccc(C#N)c(N2CCN(CC(C)C)CC2)c1. The van der Waals surface area contributed by atoms with Gasteiger partial charge in [0.25, 0.3) is 0 Å². The molecule has 0 aromatic heterocycles. The van der Waals surface area contributed by atoms with E-state index in [1.54, 1.807) is 19.1 Å². The van der Waals surface area contributed by atoms with E-state index in [1.165, 1.54) is 0 Å². The highest BCUT2D eigenvalue weighted by Gasteiger charge is 2.20. The molecule has 1 saturated heterocycles. The van der Waals surface area contributed by atoms with E-state index < -0.39 is 0 Å². The molecule has 1 aliphatic heterocycles. The van der Waals surface area contributed by atoms with Crippen molar-refractivity contribution in [2.75, 3.05) is 37.6 Å². The molecule has 1 fully saturated rings. The number of hydrogen-bond acceptors (Lipinski definition) is 4. The van der Waals surface area contributed by atoms with Gasteiger partial charge in [0.1, 0.15) is 6.07 Å². The summed E-state index contributed by atoms with van der Waals surface area (Å²) >= 11 is 0. The molecule has 4 nitrogen and oxygen atoms in total. The lowest BCUT2D eigenvalue weighted by Gasteiger charge is -2.37. The lowest BCUT2D eigenvalue weighted by Crippen LogP contribution is -2.47. The second kappa shape index (κ2) is 6.73. The van der Waals surface area contributed by atoms with Crippen molar-refractivity contribution in [2.45, 2.75) is 20.8 Å². The van der Waals surface area contributed by atoms with Gasteiger partial charge in [-0.1, -0.05) is 13.8 Å². The van der Waals surface area contributed by atoms with Gasteiger partial charge >= 0.3 is 0 Å². The lowest BCUT2D eigenvalue weighted by atomic mass is 10.1. The minimum Gasteiger partial charge on any atom is -0.368 e. The van der Waals surface area contributed by atoms with E-state index >= 15 is 0 Å². The minimum absolute atomic E-state index is 0.0409. The molecule has 1 aliphatic rings. The number of ketones is 1. The van der Waals surface area contributed by atoms with Gasteiger partial charge in [-0.15, -0.1) is 0 Å². The minimum atomic E-state index is 0.0409. The van der Waals surface area contributed by atoms with Crippen LogP contribution in [0.3, 0.4) is 0 Å². The molecule has 1 aromatic carbocycles. The van der Waals surface area contributed by atoms with Gasteiger partial charge in [-0.2, -0.15) is 5.26 Å². The van der Waals surface area contributed by atoms with E-state index in [4.69, 9.17) is 0 Å². The molecule has 21 heavy (non-hydrogen) atoms. The predicted molar refractivity (Wildman–Crippen MR) is 84.7 cm³/mol. The number of nitriles is 1. The molecule has 112 valence electrons. The average molecular weight is 285 g/mol. The highest BCUT2D eigenvalue weighted by atomic mass is 16.1. The van der Waals surface area contributed by atoms with Crippen molar-refractivity contribution in [2.24, 2.45) is 5.92 Å². The molecule has 0 aliphatic carbocycles. The van der Waals surface area contributed by atoms with Gasteiger partial charge in [-0.3, -0.25) is 9.69 Å². The largest absolute Gasteiger partial charge is 0.368 e. The summed E-state index contributed by atoms with van der Waals surface area (Å²) in [7, 11) is 0. The second-order valence-corrected chi connectivity index (χ2v) is 6.08. The molecule has 1 heterocycles. The summed E-state index contributed by atoms with van der Waals surface area (Å²) < 4.78 is 0. The number of hydrogen-bond donors (Lipinski definition) is 0. The number of Topliss-reactive ketones (excluding diaryl/α,β-unsaturated/α-hetero) is 1. The first-order chi connectivity index (χ1) is 10.0. The summed E-state index contributed by atoms with van der Waals surface area (Å²) in [6.45, 7) is 11.0. The molecule has 1 aromatic rings. The summed E-state index contributed by atoms with van der Waals surface area (Å²) in [6, 6.07) is 7.59. The van der Waals surface area contributed by atoms with Crippen LogP contribution in [0.25, 0.3) is 0 Å². The Bertz CT molecular complexity index is 552. The maximum absolute atomic E-state index is 11.5. The maximum Gasteiger partial charge on any atom is 0.159 e. The normalized spacial score (nSPS) is 16.0. The van der Waals surface area contributed by atoms with E-state index in [1.807, 2.05) is 6.07 Å². The summed E-state index contributed by atoms with van der Waals surface area (Å²) in [5, 5.41) is 9.28. The molecule has 0 spiro atoms. The zero-order valence-corrected chi connectivity index (χ0v) is 13.1. The molecule has 0 N–H and O–H groups in total. The first-order valence-corrected chi connectivity index (χ1v) is 7.53. The second-order valence-electron chi connectivity index (χ2n) is 6.08. The van der Waals surface area contributed by atoms with E-state index in [-0.39, 0.29) is 5.78 Å². The van der Waals surface area contributed by atoms with Crippen LogP contribution in [0, 0.1) is 17.2 Å². The van der Waals surface area contributed by atoms with Gasteiger partial charge in [0.2, 0.25) is 0 Å². The van der Waals surface area contributed by atoms with Crippen molar-refractivity contribution >= 4 is 11.5 Å². The van der Waals surface area contributed by atoms with Crippen LogP contribution in [0.15, 0.2) is 18.2 Å². The van der Waals surface area contributed by atoms with Crippen molar-refractivity contribution in [3.05, 3.63) is 29.3 Å². The Hall–Kier alpha value is -1.86. The molecule has 0 radical (unpaired) electrons. The van der Waals surface area contributed by atoms with Crippen LogP contribution in [0.2, 0.25) is 0 Å². The molecule has 0 atom stereocenters. The van der Waals surface area contributed by atoms with Crippen LogP contribution in [0.4, 0.5) is 5.69 Å². The fourth-order valence-electron chi connectivity index (χ4n) is 2.79. The Morgan fingerprint density at radius 3 is 2.48 bits per heavy atom.